The molecule has 1 atom stereocenters. The molecule has 3 rings (SSSR count). The SMILES string of the molecule is CN1CCCC(C(=O)Nn2ccc3ccccc32)C1. The highest BCUT2D eigenvalue weighted by atomic mass is 16.2. The van der Waals surface area contributed by atoms with Crippen molar-refractivity contribution in [1.82, 2.24) is 9.58 Å². The van der Waals surface area contributed by atoms with E-state index in [0.717, 1.165) is 36.8 Å². The van der Waals surface area contributed by atoms with Crippen LogP contribution in [0.25, 0.3) is 10.9 Å². The second kappa shape index (κ2) is 5.05. The largest absolute Gasteiger partial charge is 0.306 e. The number of hydrogen-bond donors (Lipinski definition) is 1. The lowest BCUT2D eigenvalue weighted by molar-refractivity contribution is -0.122. The van der Waals surface area contributed by atoms with E-state index < -0.39 is 0 Å². The fourth-order valence-corrected chi connectivity index (χ4v) is 2.77. The fraction of sp³-hybridized carbons (Fsp3) is 0.400. The first kappa shape index (κ1) is 12.2. The molecule has 100 valence electrons. The van der Waals surface area contributed by atoms with E-state index >= 15 is 0 Å². The summed E-state index contributed by atoms with van der Waals surface area (Å²) in [4.78, 5) is 14.5. The van der Waals surface area contributed by atoms with E-state index in [2.05, 4.69) is 17.4 Å². The van der Waals surface area contributed by atoms with Crippen molar-refractivity contribution in [2.24, 2.45) is 5.92 Å². The molecule has 0 bridgehead atoms. The Morgan fingerprint density at radius 2 is 2.16 bits per heavy atom. The smallest absolute Gasteiger partial charge is 0.243 e. The first-order chi connectivity index (χ1) is 9.24. The molecule has 0 radical (unpaired) electrons. The number of para-hydroxylation sites is 1. The number of likely N-dealkylation sites (tertiary alicyclic amines) is 1. The lowest BCUT2D eigenvalue weighted by atomic mass is 9.98. The van der Waals surface area contributed by atoms with Crippen LogP contribution >= 0.6 is 0 Å². The first-order valence-corrected chi connectivity index (χ1v) is 6.79. The number of hydrogen-bond acceptors (Lipinski definition) is 2. The van der Waals surface area contributed by atoms with Gasteiger partial charge in [-0.15, -0.1) is 0 Å². The summed E-state index contributed by atoms with van der Waals surface area (Å²) >= 11 is 0. The topological polar surface area (TPSA) is 37.3 Å². The minimum Gasteiger partial charge on any atom is -0.306 e. The van der Waals surface area contributed by atoms with Crippen LogP contribution in [0, 0.1) is 5.92 Å². The highest BCUT2D eigenvalue weighted by Crippen LogP contribution is 2.17. The quantitative estimate of drug-likeness (QED) is 0.894. The van der Waals surface area contributed by atoms with Crippen molar-refractivity contribution in [1.29, 1.82) is 0 Å². The third-order valence-corrected chi connectivity index (χ3v) is 3.83. The van der Waals surface area contributed by atoms with Gasteiger partial charge in [-0.1, -0.05) is 18.2 Å². The van der Waals surface area contributed by atoms with Crippen molar-refractivity contribution in [2.45, 2.75) is 12.8 Å². The Morgan fingerprint density at radius 3 is 3.00 bits per heavy atom. The zero-order valence-electron chi connectivity index (χ0n) is 11.2. The predicted octanol–water partition coefficient (Wildman–Crippen LogP) is 2.05. The molecule has 1 aromatic heterocycles. The van der Waals surface area contributed by atoms with Gasteiger partial charge in [-0.05, 0) is 38.6 Å². The molecule has 1 fully saturated rings. The molecule has 1 saturated heterocycles. The average molecular weight is 257 g/mol. The zero-order valence-corrected chi connectivity index (χ0v) is 11.2. The van der Waals surface area contributed by atoms with Gasteiger partial charge in [0.15, 0.2) is 0 Å². The van der Waals surface area contributed by atoms with Gasteiger partial charge in [0.2, 0.25) is 5.91 Å². The molecular formula is C15H19N3O. The van der Waals surface area contributed by atoms with Gasteiger partial charge in [0.1, 0.15) is 0 Å². The Bertz CT molecular complexity index is 590. The van der Waals surface area contributed by atoms with Gasteiger partial charge in [0.25, 0.3) is 0 Å². The van der Waals surface area contributed by atoms with Gasteiger partial charge in [-0.3, -0.25) is 14.9 Å². The second-order valence-electron chi connectivity index (χ2n) is 5.32. The molecule has 0 saturated carbocycles. The average Bonchev–Trinajstić information content (AvgIpc) is 2.82. The van der Waals surface area contributed by atoms with Crippen LogP contribution in [0.5, 0.6) is 0 Å². The molecule has 0 aliphatic carbocycles. The molecule has 2 aromatic rings. The molecule has 2 heterocycles. The van der Waals surface area contributed by atoms with E-state index in [1.807, 2.05) is 41.2 Å². The van der Waals surface area contributed by atoms with Crippen LogP contribution in [0.4, 0.5) is 0 Å². The zero-order chi connectivity index (χ0) is 13.2. The van der Waals surface area contributed by atoms with Crippen LogP contribution in [0.2, 0.25) is 0 Å². The molecular weight excluding hydrogens is 238 g/mol. The molecule has 4 heteroatoms. The molecule has 1 aliphatic heterocycles. The molecule has 1 amide bonds. The summed E-state index contributed by atoms with van der Waals surface area (Å²) in [5, 5.41) is 1.14. The van der Waals surface area contributed by atoms with E-state index in [1.54, 1.807) is 0 Å². The number of fused-ring (bicyclic) bond motifs is 1. The molecule has 0 spiro atoms. The summed E-state index contributed by atoms with van der Waals surface area (Å²) in [5.41, 5.74) is 4.05. The van der Waals surface area contributed by atoms with Gasteiger partial charge < -0.3 is 4.90 Å². The highest BCUT2D eigenvalue weighted by Gasteiger charge is 2.24. The van der Waals surface area contributed by atoms with Gasteiger partial charge in [0.05, 0.1) is 11.4 Å². The molecule has 4 nitrogen and oxygen atoms in total. The van der Waals surface area contributed by atoms with E-state index in [9.17, 15) is 4.79 Å². The maximum Gasteiger partial charge on any atom is 0.243 e. The predicted molar refractivity (Wildman–Crippen MR) is 76.5 cm³/mol. The minimum absolute atomic E-state index is 0.0971. The monoisotopic (exact) mass is 257 g/mol. The number of piperidine rings is 1. The summed E-state index contributed by atoms with van der Waals surface area (Å²) in [5.74, 6) is 0.216. The third kappa shape index (κ3) is 2.49. The molecule has 1 aromatic carbocycles. The van der Waals surface area contributed by atoms with Crippen molar-refractivity contribution in [3.05, 3.63) is 36.5 Å². The van der Waals surface area contributed by atoms with Crippen molar-refractivity contribution in [2.75, 3.05) is 25.6 Å². The number of carbonyl (C=O) groups is 1. The summed E-state index contributed by atoms with van der Waals surface area (Å²) in [7, 11) is 2.07. The summed E-state index contributed by atoms with van der Waals surface area (Å²) < 4.78 is 1.83. The second-order valence-corrected chi connectivity index (χ2v) is 5.32. The van der Waals surface area contributed by atoms with E-state index in [4.69, 9.17) is 0 Å². The maximum atomic E-state index is 12.3. The van der Waals surface area contributed by atoms with Crippen molar-refractivity contribution in [3.8, 4) is 0 Å². The third-order valence-electron chi connectivity index (χ3n) is 3.83. The Hall–Kier alpha value is -1.81. The van der Waals surface area contributed by atoms with Crippen molar-refractivity contribution in [3.63, 3.8) is 0 Å². The summed E-state index contributed by atoms with van der Waals surface area (Å²) in [6.45, 7) is 1.95. The van der Waals surface area contributed by atoms with E-state index in [-0.39, 0.29) is 11.8 Å². The van der Waals surface area contributed by atoms with Crippen LogP contribution in [0.15, 0.2) is 36.5 Å². The van der Waals surface area contributed by atoms with Crippen LogP contribution < -0.4 is 5.43 Å². The van der Waals surface area contributed by atoms with Crippen LogP contribution in [0.3, 0.4) is 0 Å². The number of benzene rings is 1. The Morgan fingerprint density at radius 1 is 1.32 bits per heavy atom. The lowest BCUT2D eigenvalue weighted by Gasteiger charge is -2.28. The molecule has 1 unspecified atom stereocenters. The number of nitrogens with zero attached hydrogens (tertiary/aromatic N) is 2. The van der Waals surface area contributed by atoms with Crippen LogP contribution in [-0.2, 0) is 4.79 Å². The van der Waals surface area contributed by atoms with Crippen molar-refractivity contribution >= 4 is 16.8 Å². The standard InChI is InChI=1S/C15H19N3O/c1-17-9-4-6-13(11-17)15(19)16-18-10-8-12-5-2-3-7-14(12)18/h2-3,5,7-8,10,13H,4,6,9,11H2,1H3,(H,16,19). The minimum atomic E-state index is 0.0971. The van der Waals surface area contributed by atoms with E-state index in [0.29, 0.717) is 0 Å². The fourth-order valence-electron chi connectivity index (χ4n) is 2.77. The number of nitrogens with one attached hydrogen (secondary N) is 1. The van der Waals surface area contributed by atoms with Gasteiger partial charge >= 0.3 is 0 Å². The molecule has 1 N–H and O–H groups in total. The van der Waals surface area contributed by atoms with Gasteiger partial charge in [-0.2, -0.15) is 0 Å². The number of amides is 1. The Labute approximate surface area is 113 Å². The van der Waals surface area contributed by atoms with Crippen LogP contribution in [0.1, 0.15) is 12.8 Å². The number of carbonyl (C=O) groups excluding carboxylic acids is 1. The van der Waals surface area contributed by atoms with Gasteiger partial charge in [0, 0.05) is 18.1 Å². The normalized spacial score (nSPS) is 20.6. The maximum absolute atomic E-state index is 12.3. The van der Waals surface area contributed by atoms with Gasteiger partial charge in [-0.25, -0.2) is 0 Å². The number of rotatable bonds is 2. The Balaban J connectivity index is 1.75. The van der Waals surface area contributed by atoms with E-state index in [1.165, 1.54) is 0 Å². The molecule has 19 heavy (non-hydrogen) atoms. The number of aromatic nitrogens is 1. The first-order valence-electron chi connectivity index (χ1n) is 6.79. The lowest BCUT2D eigenvalue weighted by Crippen LogP contribution is -2.40. The van der Waals surface area contributed by atoms with Crippen molar-refractivity contribution < 1.29 is 4.79 Å². The van der Waals surface area contributed by atoms with Crippen LogP contribution in [-0.4, -0.2) is 35.6 Å². The Kier molecular flexibility index (Phi) is 3.25. The summed E-state index contributed by atoms with van der Waals surface area (Å²) in [6, 6.07) is 10.1. The highest BCUT2D eigenvalue weighted by molar-refractivity contribution is 5.89. The molecule has 1 aliphatic rings. The summed E-state index contributed by atoms with van der Waals surface area (Å²) in [6.07, 6.45) is 3.99.